The zero-order valence-electron chi connectivity index (χ0n) is 10.9. The van der Waals surface area contributed by atoms with Crippen LogP contribution in [0.2, 0.25) is 0 Å². The quantitative estimate of drug-likeness (QED) is 0.877. The topological polar surface area (TPSA) is 26.0 Å². The van der Waals surface area contributed by atoms with E-state index in [1.807, 2.05) is 0 Å². The summed E-state index contributed by atoms with van der Waals surface area (Å²) >= 11 is 1.78. The van der Waals surface area contributed by atoms with Gasteiger partial charge in [-0.15, -0.1) is 0 Å². The molecule has 2 aromatic carbocycles. The molecule has 0 saturated heterocycles. The van der Waals surface area contributed by atoms with Crippen molar-refractivity contribution in [3.63, 3.8) is 0 Å². The highest BCUT2D eigenvalue weighted by molar-refractivity contribution is 7.99. The van der Waals surface area contributed by atoms with Gasteiger partial charge < -0.3 is 5.73 Å². The third kappa shape index (κ3) is 3.37. The first-order chi connectivity index (χ1) is 8.69. The number of hydrogen-bond donors (Lipinski definition) is 1. The molecule has 1 nitrogen and oxygen atoms in total. The number of rotatable bonds is 4. The molecule has 0 bridgehead atoms. The second-order valence-corrected chi connectivity index (χ2v) is 5.82. The van der Waals surface area contributed by atoms with Crippen molar-refractivity contribution in [1.82, 2.24) is 0 Å². The van der Waals surface area contributed by atoms with Crippen molar-refractivity contribution in [3.05, 3.63) is 59.7 Å². The molecule has 0 heterocycles. The van der Waals surface area contributed by atoms with Crippen LogP contribution in [0.15, 0.2) is 58.3 Å². The summed E-state index contributed by atoms with van der Waals surface area (Å²) in [7, 11) is 0. The van der Waals surface area contributed by atoms with Crippen LogP contribution >= 0.6 is 11.8 Å². The van der Waals surface area contributed by atoms with E-state index in [1.165, 1.54) is 20.9 Å². The van der Waals surface area contributed by atoms with Crippen LogP contribution in [0.5, 0.6) is 0 Å². The molecule has 0 radical (unpaired) electrons. The van der Waals surface area contributed by atoms with Crippen LogP contribution in [0.25, 0.3) is 0 Å². The predicted molar refractivity (Wildman–Crippen MR) is 79.0 cm³/mol. The van der Waals surface area contributed by atoms with E-state index < -0.39 is 0 Å². The van der Waals surface area contributed by atoms with Crippen molar-refractivity contribution < 1.29 is 0 Å². The van der Waals surface area contributed by atoms with E-state index in [0.29, 0.717) is 12.5 Å². The molecule has 2 heteroatoms. The van der Waals surface area contributed by atoms with Gasteiger partial charge in [0.05, 0.1) is 0 Å². The van der Waals surface area contributed by atoms with Gasteiger partial charge in [-0.3, -0.25) is 0 Å². The van der Waals surface area contributed by atoms with E-state index in [4.69, 9.17) is 5.73 Å². The van der Waals surface area contributed by atoms with Crippen molar-refractivity contribution in [3.8, 4) is 0 Å². The fourth-order valence-corrected chi connectivity index (χ4v) is 2.69. The first-order valence-electron chi connectivity index (χ1n) is 6.26. The van der Waals surface area contributed by atoms with Gasteiger partial charge in [0.25, 0.3) is 0 Å². The molecule has 0 atom stereocenters. The highest BCUT2D eigenvalue weighted by Crippen LogP contribution is 2.29. The Morgan fingerprint density at radius 1 is 1.00 bits per heavy atom. The SMILES string of the molecule is CC(C)c1ccc(Sc2cccc(CN)c2)cc1. The maximum atomic E-state index is 5.66. The third-order valence-corrected chi connectivity index (χ3v) is 3.91. The lowest BCUT2D eigenvalue weighted by molar-refractivity contribution is 0.865. The Morgan fingerprint density at radius 2 is 1.72 bits per heavy atom. The smallest absolute Gasteiger partial charge is 0.0178 e. The zero-order chi connectivity index (χ0) is 13.0. The van der Waals surface area contributed by atoms with Gasteiger partial charge >= 0.3 is 0 Å². The molecule has 0 amide bonds. The van der Waals surface area contributed by atoms with Gasteiger partial charge in [0.1, 0.15) is 0 Å². The Balaban J connectivity index is 2.13. The second-order valence-electron chi connectivity index (χ2n) is 4.68. The summed E-state index contributed by atoms with van der Waals surface area (Å²) in [5.41, 5.74) is 8.22. The van der Waals surface area contributed by atoms with Crippen LogP contribution in [0.4, 0.5) is 0 Å². The summed E-state index contributed by atoms with van der Waals surface area (Å²) in [6.45, 7) is 5.03. The maximum absolute atomic E-state index is 5.66. The molecule has 2 rings (SSSR count). The van der Waals surface area contributed by atoms with Crippen LogP contribution in [-0.4, -0.2) is 0 Å². The summed E-state index contributed by atoms with van der Waals surface area (Å²) in [5, 5.41) is 0. The number of benzene rings is 2. The normalized spacial score (nSPS) is 10.9. The second kappa shape index (κ2) is 6.07. The summed E-state index contributed by atoms with van der Waals surface area (Å²) < 4.78 is 0. The maximum Gasteiger partial charge on any atom is 0.0178 e. The Morgan fingerprint density at radius 3 is 2.33 bits per heavy atom. The minimum Gasteiger partial charge on any atom is -0.326 e. The molecule has 0 saturated carbocycles. The average Bonchev–Trinajstić information content (AvgIpc) is 2.39. The first-order valence-corrected chi connectivity index (χ1v) is 7.07. The van der Waals surface area contributed by atoms with Crippen molar-refractivity contribution in [2.75, 3.05) is 0 Å². The van der Waals surface area contributed by atoms with Gasteiger partial charge in [-0.1, -0.05) is 49.9 Å². The molecule has 18 heavy (non-hydrogen) atoms. The lowest BCUT2D eigenvalue weighted by Crippen LogP contribution is -1.95. The molecule has 2 aromatic rings. The van der Waals surface area contributed by atoms with Gasteiger partial charge in [0.15, 0.2) is 0 Å². The summed E-state index contributed by atoms with van der Waals surface area (Å²) in [5.74, 6) is 0.588. The molecule has 0 aliphatic rings. The van der Waals surface area contributed by atoms with Crippen molar-refractivity contribution in [2.45, 2.75) is 36.1 Å². The largest absolute Gasteiger partial charge is 0.326 e. The Bertz CT molecular complexity index is 503. The summed E-state index contributed by atoms with van der Waals surface area (Å²) in [6.07, 6.45) is 0. The van der Waals surface area contributed by atoms with Crippen LogP contribution in [0.3, 0.4) is 0 Å². The minimum absolute atomic E-state index is 0.588. The standard InChI is InChI=1S/C16H19NS/c1-12(2)14-6-8-15(9-7-14)18-16-5-3-4-13(10-16)11-17/h3-10,12H,11,17H2,1-2H3. The Hall–Kier alpha value is -1.25. The van der Waals surface area contributed by atoms with Crippen LogP contribution < -0.4 is 5.73 Å². The lowest BCUT2D eigenvalue weighted by Gasteiger charge is -2.07. The van der Waals surface area contributed by atoms with Gasteiger partial charge in [-0.05, 0) is 41.3 Å². The molecule has 94 valence electrons. The monoisotopic (exact) mass is 257 g/mol. The molecule has 0 unspecified atom stereocenters. The van der Waals surface area contributed by atoms with Crippen LogP contribution in [0.1, 0.15) is 30.9 Å². The Labute approximate surface area is 113 Å². The Kier molecular flexibility index (Phi) is 4.45. The lowest BCUT2D eigenvalue weighted by atomic mass is 10.0. The molecule has 0 aromatic heterocycles. The molecule has 2 N–H and O–H groups in total. The minimum atomic E-state index is 0.588. The predicted octanol–water partition coefficient (Wildman–Crippen LogP) is 4.42. The van der Waals surface area contributed by atoms with E-state index in [-0.39, 0.29) is 0 Å². The van der Waals surface area contributed by atoms with Crippen molar-refractivity contribution in [2.24, 2.45) is 5.73 Å². The van der Waals surface area contributed by atoms with Crippen molar-refractivity contribution in [1.29, 1.82) is 0 Å². The van der Waals surface area contributed by atoms with E-state index in [9.17, 15) is 0 Å². The van der Waals surface area contributed by atoms with E-state index in [1.54, 1.807) is 11.8 Å². The van der Waals surface area contributed by atoms with Gasteiger partial charge in [0.2, 0.25) is 0 Å². The summed E-state index contributed by atoms with van der Waals surface area (Å²) in [4.78, 5) is 2.52. The van der Waals surface area contributed by atoms with E-state index in [0.717, 1.165) is 0 Å². The van der Waals surface area contributed by atoms with E-state index >= 15 is 0 Å². The van der Waals surface area contributed by atoms with Gasteiger partial charge in [-0.25, -0.2) is 0 Å². The summed E-state index contributed by atoms with van der Waals surface area (Å²) in [6, 6.07) is 17.2. The third-order valence-electron chi connectivity index (χ3n) is 2.92. The zero-order valence-corrected chi connectivity index (χ0v) is 11.7. The van der Waals surface area contributed by atoms with Gasteiger partial charge in [-0.2, -0.15) is 0 Å². The van der Waals surface area contributed by atoms with Crippen LogP contribution in [-0.2, 0) is 6.54 Å². The number of hydrogen-bond acceptors (Lipinski definition) is 2. The molecular formula is C16H19NS. The fraction of sp³-hybridized carbons (Fsp3) is 0.250. The fourth-order valence-electron chi connectivity index (χ4n) is 1.79. The highest BCUT2D eigenvalue weighted by Gasteiger charge is 2.01. The van der Waals surface area contributed by atoms with E-state index in [2.05, 4.69) is 62.4 Å². The number of nitrogens with two attached hydrogens (primary N) is 1. The molecule has 0 aliphatic heterocycles. The first kappa shape index (κ1) is 13.2. The molecule has 0 fully saturated rings. The van der Waals surface area contributed by atoms with Crippen LogP contribution in [0, 0.1) is 0 Å². The molecule has 0 aliphatic carbocycles. The average molecular weight is 257 g/mol. The van der Waals surface area contributed by atoms with Crippen molar-refractivity contribution >= 4 is 11.8 Å². The molecular weight excluding hydrogens is 238 g/mol. The highest BCUT2D eigenvalue weighted by atomic mass is 32.2. The van der Waals surface area contributed by atoms with Gasteiger partial charge in [0, 0.05) is 16.3 Å². The molecule has 0 spiro atoms.